The van der Waals surface area contributed by atoms with E-state index in [9.17, 15) is 13.2 Å². The Kier molecular flexibility index (Phi) is 5.55. The third-order valence-electron chi connectivity index (χ3n) is 3.27. The third kappa shape index (κ3) is 4.22. The van der Waals surface area contributed by atoms with Gasteiger partial charge in [0.1, 0.15) is 0 Å². The van der Waals surface area contributed by atoms with E-state index in [0.717, 1.165) is 0 Å². The van der Waals surface area contributed by atoms with Crippen LogP contribution in [0.25, 0.3) is 0 Å². The van der Waals surface area contributed by atoms with Crippen LogP contribution in [0.2, 0.25) is 0 Å². The van der Waals surface area contributed by atoms with Crippen LogP contribution in [-0.2, 0) is 14.6 Å². The number of carbonyl (C=O) groups is 1. The van der Waals surface area contributed by atoms with Gasteiger partial charge in [-0.25, -0.2) is 8.42 Å². The minimum Gasteiger partial charge on any atom is -0.395 e. The molecule has 18 heavy (non-hydrogen) atoms. The van der Waals surface area contributed by atoms with Crippen LogP contribution in [0.3, 0.4) is 0 Å². The van der Waals surface area contributed by atoms with Crippen LogP contribution in [0.5, 0.6) is 0 Å². The Balaban J connectivity index is 2.68. The second kappa shape index (κ2) is 6.49. The zero-order chi connectivity index (χ0) is 13.8. The standard InChI is InChI=1S/C11H22N2O4S/c1-2-9(12)7-11(15)13(4-5-14)10-3-6-18(16,17)8-10/h9-10,14H,2-8,12H2,1H3. The average molecular weight is 278 g/mol. The van der Waals surface area contributed by atoms with Crippen molar-refractivity contribution in [3.8, 4) is 0 Å². The van der Waals surface area contributed by atoms with Gasteiger partial charge in [-0.2, -0.15) is 0 Å². The SMILES string of the molecule is CCC(N)CC(=O)N(CCO)C1CCS(=O)(=O)C1. The minimum absolute atomic E-state index is 0.000102. The predicted octanol–water partition coefficient (Wildman–Crippen LogP) is -0.878. The van der Waals surface area contributed by atoms with Crippen molar-refractivity contribution in [3.05, 3.63) is 0 Å². The van der Waals surface area contributed by atoms with E-state index in [0.29, 0.717) is 12.8 Å². The van der Waals surface area contributed by atoms with Crippen molar-refractivity contribution in [2.75, 3.05) is 24.7 Å². The van der Waals surface area contributed by atoms with E-state index in [1.807, 2.05) is 6.92 Å². The summed E-state index contributed by atoms with van der Waals surface area (Å²) in [5.74, 6) is -0.0483. The summed E-state index contributed by atoms with van der Waals surface area (Å²) in [4.78, 5) is 13.5. The largest absolute Gasteiger partial charge is 0.395 e. The number of rotatable bonds is 6. The van der Waals surface area contributed by atoms with Crippen molar-refractivity contribution >= 4 is 15.7 Å². The molecule has 1 heterocycles. The molecule has 0 bridgehead atoms. The van der Waals surface area contributed by atoms with Gasteiger partial charge < -0.3 is 15.7 Å². The summed E-state index contributed by atoms with van der Waals surface area (Å²) in [6.07, 6.45) is 1.35. The van der Waals surface area contributed by atoms with E-state index in [2.05, 4.69) is 0 Å². The summed E-state index contributed by atoms with van der Waals surface area (Å²) >= 11 is 0. The van der Waals surface area contributed by atoms with Crippen molar-refractivity contribution < 1.29 is 18.3 Å². The zero-order valence-corrected chi connectivity index (χ0v) is 11.5. The fourth-order valence-electron chi connectivity index (χ4n) is 2.13. The summed E-state index contributed by atoms with van der Waals surface area (Å²) in [6, 6.07) is -0.518. The second-order valence-electron chi connectivity index (χ2n) is 4.74. The molecule has 1 amide bonds. The van der Waals surface area contributed by atoms with Gasteiger partial charge in [-0.05, 0) is 12.8 Å². The molecule has 1 saturated heterocycles. The highest BCUT2D eigenvalue weighted by Crippen LogP contribution is 2.18. The molecule has 0 radical (unpaired) electrons. The molecule has 0 spiro atoms. The van der Waals surface area contributed by atoms with Crippen LogP contribution >= 0.6 is 0 Å². The number of hydrogen-bond acceptors (Lipinski definition) is 5. The molecule has 1 fully saturated rings. The van der Waals surface area contributed by atoms with Crippen LogP contribution in [0.1, 0.15) is 26.2 Å². The monoisotopic (exact) mass is 278 g/mol. The molecule has 2 unspecified atom stereocenters. The number of aliphatic hydroxyl groups is 1. The highest BCUT2D eigenvalue weighted by Gasteiger charge is 2.34. The zero-order valence-electron chi connectivity index (χ0n) is 10.7. The van der Waals surface area contributed by atoms with Gasteiger partial charge in [-0.3, -0.25) is 4.79 Å². The van der Waals surface area contributed by atoms with Crippen LogP contribution < -0.4 is 5.73 Å². The lowest BCUT2D eigenvalue weighted by Crippen LogP contribution is -2.44. The summed E-state index contributed by atoms with van der Waals surface area (Å²) in [5.41, 5.74) is 5.73. The van der Waals surface area contributed by atoms with Crippen molar-refractivity contribution in [2.45, 2.75) is 38.3 Å². The van der Waals surface area contributed by atoms with Gasteiger partial charge in [0.2, 0.25) is 5.91 Å². The van der Waals surface area contributed by atoms with Crippen molar-refractivity contribution in [1.29, 1.82) is 0 Å². The number of amides is 1. The molecule has 0 aromatic carbocycles. The molecular formula is C11H22N2O4S. The minimum atomic E-state index is -3.03. The maximum Gasteiger partial charge on any atom is 0.224 e. The molecule has 6 nitrogen and oxygen atoms in total. The number of hydrogen-bond donors (Lipinski definition) is 2. The lowest BCUT2D eigenvalue weighted by Gasteiger charge is -2.28. The van der Waals surface area contributed by atoms with E-state index in [1.54, 1.807) is 0 Å². The summed E-state index contributed by atoms with van der Waals surface area (Å²) < 4.78 is 22.9. The fourth-order valence-corrected chi connectivity index (χ4v) is 3.86. The van der Waals surface area contributed by atoms with Gasteiger partial charge in [0.25, 0.3) is 0 Å². The summed E-state index contributed by atoms with van der Waals surface area (Å²) in [6.45, 7) is 1.91. The van der Waals surface area contributed by atoms with Gasteiger partial charge in [0.15, 0.2) is 9.84 Å². The summed E-state index contributed by atoms with van der Waals surface area (Å²) in [7, 11) is -3.03. The lowest BCUT2D eigenvalue weighted by molar-refractivity contribution is -0.134. The molecular weight excluding hydrogens is 256 g/mol. The Hall–Kier alpha value is -0.660. The highest BCUT2D eigenvalue weighted by atomic mass is 32.2. The van der Waals surface area contributed by atoms with Crippen LogP contribution in [0, 0.1) is 0 Å². The quantitative estimate of drug-likeness (QED) is 0.657. The second-order valence-corrected chi connectivity index (χ2v) is 6.97. The molecule has 3 N–H and O–H groups in total. The molecule has 0 aliphatic carbocycles. The molecule has 0 aromatic rings. The van der Waals surface area contributed by atoms with E-state index in [-0.39, 0.29) is 49.1 Å². The van der Waals surface area contributed by atoms with Crippen LogP contribution in [0.15, 0.2) is 0 Å². The number of carbonyl (C=O) groups excluding carboxylic acids is 1. The Morgan fingerprint density at radius 1 is 1.56 bits per heavy atom. The van der Waals surface area contributed by atoms with Crippen LogP contribution in [-0.4, -0.2) is 61.1 Å². The highest BCUT2D eigenvalue weighted by molar-refractivity contribution is 7.91. The number of nitrogens with zero attached hydrogens (tertiary/aromatic N) is 1. The van der Waals surface area contributed by atoms with Crippen molar-refractivity contribution in [3.63, 3.8) is 0 Å². The first-order valence-corrected chi connectivity index (χ1v) is 8.08. The molecule has 7 heteroatoms. The normalized spacial score (nSPS) is 23.8. The molecule has 1 aliphatic heterocycles. The summed E-state index contributed by atoms with van der Waals surface area (Å²) in [5, 5.41) is 8.99. The molecule has 106 valence electrons. The smallest absolute Gasteiger partial charge is 0.224 e. The van der Waals surface area contributed by atoms with Gasteiger partial charge in [-0.15, -0.1) is 0 Å². The van der Waals surface area contributed by atoms with Gasteiger partial charge in [-0.1, -0.05) is 6.92 Å². The fraction of sp³-hybridized carbons (Fsp3) is 0.909. The maximum atomic E-state index is 12.0. The Morgan fingerprint density at radius 2 is 2.22 bits per heavy atom. The third-order valence-corrected chi connectivity index (χ3v) is 5.02. The van der Waals surface area contributed by atoms with Crippen molar-refractivity contribution in [2.24, 2.45) is 5.73 Å². The molecule has 2 atom stereocenters. The molecule has 1 rings (SSSR count). The van der Waals surface area contributed by atoms with E-state index >= 15 is 0 Å². The van der Waals surface area contributed by atoms with Crippen LogP contribution in [0.4, 0.5) is 0 Å². The number of sulfone groups is 1. The maximum absolute atomic E-state index is 12.0. The number of aliphatic hydroxyl groups excluding tert-OH is 1. The Morgan fingerprint density at radius 3 is 2.67 bits per heavy atom. The molecule has 0 aromatic heterocycles. The van der Waals surface area contributed by atoms with Gasteiger partial charge in [0, 0.05) is 25.0 Å². The first-order valence-electron chi connectivity index (χ1n) is 6.26. The van der Waals surface area contributed by atoms with Gasteiger partial charge in [0.05, 0.1) is 18.1 Å². The molecule has 1 aliphatic rings. The Labute approximate surface area is 108 Å². The number of nitrogens with two attached hydrogens (primary N) is 1. The first-order chi connectivity index (χ1) is 8.39. The average Bonchev–Trinajstić information content (AvgIpc) is 2.65. The predicted molar refractivity (Wildman–Crippen MR) is 68.7 cm³/mol. The topological polar surface area (TPSA) is 101 Å². The van der Waals surface area contributed by atoms with E-state index in [4.69, 9.17) is 10.8 Å². The lowest BCUT2D eigenvalue weighted by atomic mass is 10.1. The first kappa shape index (κ1) is 15.4. The van der Waals surface area contributed by atoms with Gasteiger partial charge >= 0.3 is 0 Å². The van der Waals surface area contributed by atoms with Crippen molar-refractivity contribution in [1.82, 2.24) is 4.90 Å². The van der Waals surface area contributed by atoms with E-state index in [1.165, 1.54) is 4.90 Å². The molecule has 0 saturated carbocycles. The Bertz CT molecular complexity index is 383. The van der Waals surface area contributed by atoms with E-state index < -0.39 is 9.84 Å².